The van der Waals surface area contributed by atoms with E-state index in [9.17, 15) is 20.0 Å². The number of nitro benzene ring substituents is 1. The Morgan fingerprint density at radius 3 is 2.62 bits per heavy atom. The number of nitro groups is 1. The molecule has 0 aliphatic carbocycles. The predicted molar refractivity (Wildman–Crippen MR) is 87.4 cm³/mol. The summed E-state index contributed by atoms with van der Waals surface area (Å²) in [7, 11) is 0. The minimum absolute atomic E-state index is 0.0752. The molecule has 1 aromatic heterocycles. The van der Waals surface area contributed by atoms with Gasteiger partial charge in [-0.05, 0) is 18.6 Å². The van der Waals surface area contributed by atoms with Crippen molar-refractivity contribution >= 4 is 11.7 Å². The van der Waals surface area contributed by atoms with Gasteiger partial charge in [-0.25, -0.2) is 9.78 Å². The number of hydrogen-bond donors (Lipinski definition) is 1. The zero-order valence-corrected chi connectivity index (χ0v) is 12.7. The molecule has 0 unspecified atom stereocenters. The average molecular weight is 323 g/mol. The van der Waals surface area contributed by atoms with Gasteiger partial charge >= 0.3 is 5.97 Å². The minimum Gasteiger partial charge on any atom is -0.476 e. The number of aromatic carboxylic acids is 1. The molecule has 0 aliphatic heterocycles. The largest absolute Gasteiger partial charge is 0.476 e. The fourth-order valence-corrected chi connectivity index (χ4v) is 2.45. The van der Waals surface area contributed by atoms with Crippen molar-refractivity contribution < 1.29 is 14.8 Å². The molecular weight excluding hydrogens is 310 g/mol. The van der Waals surface area contributed by atoms with Gasteiger partial charge in [0.2, 0.25) is 0 Å². The molecule has 0 spiro atoms. The second-order valence-corrected chi connectivity index (χ2v) is 5.22. The Hall–Kier alpha value is -3.48. The van der Waals surface area contributed by atoms with Crippen molar-refractivity contribution in [2.75, 3.05) is 0 Å². The van der Waals surface area contributed by atoms with E-state index in [1.54, 1.807) is 16.7 Å². The summed E-state index contributed by atoms with van der Waals surface area (Å²) in [4.78, 5) is 26.0. The van der Waals surface area contributed by atoms with Crippen molar-refractivity contribution in [1.29, 1.82) is 0 Å². The Balaban J connectivity index is 2.24. The Kier molecular flexibility index (Phi) is 3.83. The number of nitrogens with zero attached hydrogens (tertiary/aromatic N) is 3. The summed E-state index contributed by atoms with van der Waals surface area (Å²) >= 11 is 0. The number of rotatable bonds is 4. The third kappa shape index (κ3) is 2.74. The van der Waals surface area contributed by atoms with E-state index in [1.807, 2.05) is 31.2 Å². The molecular formula is C17H13N3O4. The van der Waals surface area contributed by atoms with Crippen LogP contribution in [0, 0.1) is 17.0 Å². The van der Waals surface area contributed by atoms with Gasteiger partial charge < -0.3 is 5.11 Å². The normalized spacial score (nSPS) is 10.5. The van der Waals surface area contributed by atoms with E-state index >= 15 is 0 Å². The van der Waals surface area contributed by atoms with E-state index < -0.39 is 10.9 Å². The molecule has 1 N–H and O–H groups in total. The van der Waals surface area contributed by atoms with Gasteiger partial charge in [0, 0.05) is 23.9 Å². The van der Waals surface area contributed by atoms with E-state index in [2.05, 4.69) is 4.98 Å². The Labute approximate surface area is 137 Å². The number of aromatic nitrogens is 2. The second-order valence-electron chi connectivity index (χ2n) is 5.22. The molecule has 0 saturated heterocycles. The van der Waals surface area contributed by atoms with Crippen LogP contribution in [0.1, 0.15) is 16.1 Å². The summed E-state index contributed by atoms with van der Waals surface area (Å²) in [5.41, 5.74) is 1.96. The summed E-state index contributed by atoms with van der Waals surface area (Å²) in [6.45, 7) is 1.89. The first kappa shape index (κ1) is 15.4. The maximum atomic E-state index is 11.3. The maximum Gasteiger partial charge on any atom is 0.356 e. The van der Waals surface area contributed by atoms with Crippen LogP contribution in [0.5, 0.6) is 0 Å². The van der Waals surface area contributed by atoms with Crippen molar-refractivity contribution in [2.45, 2.75) is 6.92 Å². The summed E-state index contributed by atoms with van der Waals surface area (Å²) in [6.07, 6.45) is 1.36. The summed E-state index contributed by atoms with van der Waals surface area (Å²) in [5, 5.41) is 20.2. The van der Waals surface area contributed by atoms with Gasteiger partial charge in [0.1, 0.15) is 5.82 Å². The van der Waals surface area contributed by atoms with Crippen LogP contribution in [0.25, 0.3) is 17.1 Å². The highest BCUT2D eigenvalue weighted by Crippen LogP contribution is 2.27. The van der Waals surface area contributed by atoms with Crippen LogP contribution in [0.2, 0.25) is 0 Å². The maximum absolute atomic E-state index is 11.3. The van der Waals surface area contributed by atoms with E-state index in [0.717, 1.165) is 11.1 Å². The molecule has 0 fully saturated rings. The zero-order valence-electron chi connectivity index (χ0n) is 12.7. The number of hydrogen-bond acceptors (Lipinski definition) is 4. The molecule has 1 heterocycles. The van der Waals surface area contributed by atoms with Gasteiger partial charge in [-0.1, -0.05) is 30.3 Å². The van der Waals surface area contributed by atoms with Crippen LogP contribution in [-0.2, 0) is 0 Å². The third-order valence-corrected chi connectivity index (χ3v) is 3.63. The average Bonchev–Trinajstić information content (AvgIpc) is 3.01. The van der Waals surface area contributed by atoms with Crippen LogP contribution >= 0.6 is 0 Å². The zero-order chi connectivity index (χ0) is 17.3. The van der Waals surface area contributed by atoms with Crippen LogP contribution in [0.3, 0.4) is 0 Å². The third-order valence-electron chi connectivity index (χ3n) is 3.63. The molecule has 7 nitrogen and oxygen atoms in total. The molecule has 24 heavy (non-hydrogen) atoms. The van der Waals surface area contributed by atoms with Gasteiger partial charge in [0.25, 0.3) is 5.69 Å². The Morgan fingerprint density at radius 2 is 1.96 bits per heavy atom. The molecule has 3 rings (SSSR count). The summed E-state index contributed by atoms with van der Waals surface area (Å²) in [6, 6.07) is 13.4. The van der Waals surface area contributed by atoms with Gasteiger partial charge in [0.05, 0.1) is 10.6 Å². The molecule has 3 aromatic rings. The van der Waals surface area contributed by atoms with Gasteiger partial charge in [-0.3, -0.25) is 14.7 Å². The van der Waals surface area contributed by atoms with Crippen LogP contribution < -0.4 is 0 Å². The second kappa shape index (κ2) is 5.96. The highest BCUT2D eigenvalue weighted by atomic mass is 16.6. The van der Waals surface area contributed by atoms with E-state index in [-0.39, 0.29) is 11.4 Å². The molecule has 0 amide bonds. The van der Waals surface area contributed by atoms with E-state index in [0.29, 0.717) is 11.5 Å². The number of carboxylic acids is 1. The monoisotopic (exact) mass is 323 g/mol. The van der Waals surface area contributed by atoms with Gasteiger partial charge in [-0.15, -0.1) is 0 Å². The topological polar surface area (TPSA) is 98.3 Å². The van der Waals surface area contributed by atoms with Crippen molar-refractivity contribution in [2.24, 2.45) is 0 Å². The smallest absolute Gasteiger partial charge is 0.356 e. The highest BCUT2D eigenvalue weighted by molar-refractivity contribution is 5.86. The quantitative estimate of drug-likeness (QED) is 0.585. The Bertz CT molecular complexity index is 947. The first-order valence-corrected chi connectivity index (χ1v) is 7.11. The summed E-state index contributed by atoms with van der Waals surface area (Å²) in [5.74, 6) is -0.736. The lowest BCUT2D eigenvalue weighted by molar-refractivity contribution is -0.384. The number of non-ortho nitro benzene ring substituents is 1. The molecule has 0 bridgehead atoms. The fourth-order valence-electron chi connectivity index (χ4n) is 2.45. The lowest BCUT2D eigenvalue weighted by Crippen LogP contribution is -1.98. The molecule has 0 radical (unpaired) electrons. The molecule has 0 aliphatic rings. The standard InChI is InChI=1S/C17H13N3O4/c1-11-5-2-3-8-14(11)16-18-15(17(21)22)10-19(16)12-6-4-7-13(9-12)20(23)24/h2-10H,1H3,(H,21,22). The predicted octanol–water partition coefficient (Wildman–Crippen LogP) is 3.45. The van der Waals surface area contributed by atoms with Crippen molar-refractivity contribution in [1.82, 2.24) is 9.55 Å². The Morgan fingerprint density at radius 1 is 1.21 bits per heavy atom. The number of aryl methyl sites for hydroxylation is 1. The number of carboxylic acid groups (broad SMARTS) is 1. The molecule has 120 valence electrons. The molecule has 2 aromatic carbocycles. The van der Waals surface area contributed by atoms with Crippen molar-refractivity contribution in [3.8, 4) is 17.1 Å². The van der Waals surface area contributed by atoms with E-state index in [4.69, 9.17) is 0 Å². The molecule has 0 atom stereocenters. The lowest BCUT2D eigenvalue weighted by atomic mass is 10.1. The van der Waals surface area contributed by atoms with E-state index in [1.165, 1.54) is 18.3 Å². The number of benzene rings is 2. The van der Waals surface area contributed by atoms with Crippen molar-refractivity contribution in [3.63, 3.8) is 0 Å². The lowest BCUT2D eigenvalue weighted by Gasteiger charge is -2.09. The number of carbonyl (C=O) groups is 1. The van der Waals surface area contributed by atoms with Crippen LogP contribution in [-0.4, -0.2) is 25.6 Å². The highest BCUT2D eigenvalue weighted by Gasteiger charge is 2.18. The summed E-state index contributed by atoms with van der Waals surface area (Å²) < 4.78 is 1.55. The van der Waals surface area contributed by atoms with Crippen LogP contribution in [0.15, 0.2) is 54.7 Å². The van der Waals surface area contributed by atoms with Crippen LogP contribution in [0.4, 0.5) is 5.69 Å². The first-order valence-electron chi connectivity index (χ1n) is 7.11. The SMILES string of the molecule is Cc1ccccc1-c1nc(C(=O)O)cn1-c1cccc([N+](=O)[O-])c1. The fraction of sp³-hybridized carbons (Fsp3) is 0.0588. The van der Waals surface area contributed by atoms with Gasteiger partial charge in [-0.2, -0.15) is 0 Å². The molecule has 0 saturated carbocycles. The first-order chi connectivity index (χ1) is 11.5. The minimum atomic E-state index is -1.16. The van der Waals surface area contributed by atoms with Crippen molar-refractivity contribution in [3.05, 3.63) is 76.1 Å². The molecule has 7 heteroatoms. The number of imidazole rings is 1. The van der Waals surface area contributed by atoms with Gasteiger partial charge in [0.15, 0.2) is 5.69 Å².